The van der Waals surface area contributed by atoms with Gasteiger partial charge in [0.2, 0.25) is 0 Å². The molecule has 0 spiro atoms. The number of aliphatic carboxylic acids is 1. The number of hydrogen-bond acceptors (Lipinski definition) is 2. The highest BCUT2D eigenvalue weighted by molar-refractivity contribution is 5.81. The molecule has 0 saturated heterocycles. The molecule has 0 aromatic rings. The van der Waals surface area contributed by atoms with Crippen molar-refractivity contribution in [3.63, 3.8) is 0 Å². The lowest BCUT2D eigenvalue weighted by molar-refractivity contribution is -0.131. The standard InChI is InChI=1S/C20H28O3/c1-14(7-6-8-15(2)13-19(22)23)9-10-17-16(3)18(21)11-12-20(17,4)5/h6-10,13,18,21H,11-12H2,1-5H3,(H,22,23)/b8-6+,10-9+,14-7+,15-13+/t18-/m0/s1. The molecule has 3 heteroatoms. The Labute approximate surface area is 139 Å². The summed E-state index contributed by atoms with van der Waals surface area (Å²) < 4.78 is 0. The van der Waals surface area contributed by atoms with Gasteiger partial charge in [0.15, 0.2) is 0 Å². The Morgan fingerprint density at radius 2 is 1.87 bits per heavy atom. The van der Waals surface area contributed by atoms with E-state index in [4.69, 9.17) is 5.11 Å². The van der Waals surface area contributed by atoms with Gasteiger partial charge in [0.05, 0.1) is 6.10 Å². The molecule has 1 atom stereocenters. The SMILES string of the molecule is CC1=C(/C=C/C(C)=C/C=C/C(C)=C/C(=O)O)C(C)(C)CC[C@@H]1O. The van der Waals surface area contributed by atoms with E-state index in [1.165, 1.54) is 11.6 Å². The van der Waals surface area contributed by atoms with Crippen molar-refractivity contribution in [2.24, 2.45) is 5.41 Å². The lowest BCUT2D eigenvalue weighted by Gasteiger charge is -2.35. The number of aliphatic hydroxyl groups is 1. The predicted molar refractivity (Wildman–Crippen MR) is 95.2 cm³/mol. The summed E-state index contributed by atoms with van der Waals surface area (Å²) in [6.45, 7) is 10.2. The van der Waals surface area contributed by atoms with Crippen molar-refractivity contribution in [2.75, 3.05) is 0 Å². The molecule has 1 aliphatic rings. The first-order valence-corrected chi connectivity index (χ1v) is 7.97. The average molecular weight is 316 g/mol. The Kier molecular flexibility index (Phi) is 6.77. The van der Waals surface area contributed by atoms with Crippen molar-refractivity contribution in [1.82, 2.24) is 0 Å². The van der Waals surface area contributed by atoms with Gasteiger partial charge in [-0.05, 0) is 55.7 Å². The van der Waals surface area contributed by atoms with Gasteiger partial charge in [0, 0.05) is 6.08 Å². The van der Waals surface area contributed by atoms with Crippen molar-refractivity contribution in [3.8, 4) is 0 Å². The Balaban J connectivity index is 2.87. The maximum Gasteiger partial charge on any atom is 0.328 e. The van der Waals surface area contributed by atoms with Crippen molar-refractivity contribution in [3.05, 3.63) is 58.7 Å². The van der Waals surface area contributed by atoms with Crippen molar-refractivity contribution >= 4 is 5.97 Å². The number of carboxylic acids is 1. The fourth-order valence-electron chi connectivity index (χ4n) is 2.78. The summed E-state index contributed by atoms with van der Waals surface area (Å²) >= 11 is 0. The van der Waals surface area contributed by atoms with Crippen LogP contribution in [0.5, 0.6) is 0 Å². The van der Waals surface area contributed by atoms with Crippen LogP contribution in [-0.2, 0) is 4.79 Å². The summed E-state index contributed by atoms with van der Waals surface area (Å²) in [5.74, 6) is -0.937. The first-order chi connectivity index (χ1) is 10.6. The first-order valence-electron chi connectivity index (χ1n) is 7.97. The molecule has 23 heavy (non-hydrogen) atoms. The second kappa shape index (κ2) is 8.11. The predicted octanol–water partition coefficient (Wildman–Crippen LogP) is 4.57. The van der Waals surface area contributed by atoms with Gasteiger partial charge >= 0.3 is 5.97 Å². The van der Waals surface area contributed by atoms with Crippen LogP contribution < -0.4 is 0 Å². The van der Waals surface area contributed by atoms with Crippen LogP contribution in [0.2, 0.25) is 0 Å². The maximum absolute atomic E-state index is 10.5. The second-order valence-corrected chi connectivity index (χ2v) is 6.86. The highest BCUT2D eigenvalue weighted by Gasteiger charge is 2.30. The van der Waals surface area contributed by atoms with E-state index in [1.54, 1.807) is 13.0 Å². The van der Waals surface area contributed by atoms with Gasteiger partial charge in [0.25, 0.3) is 0 Å². The molecule has 1 aliphatic carbocycles. The van der Waals surface area contributed by atoms with E-state index in [2.05, 4.69) is 19.9 Å². The molecule has 0 unspecified atom stereocenters. The number of carboxylic acid groups (broad SMARTS) is 1. The maximum atomic E-state index is 10.5. The zero-order valence-corrected chi connectivity index (χ0v) is 14.8. The minimum Gasteiger partial charge on any atom is -0.478 e. The molecular weight excluding hydrogens is 288 g/mol. The lowest BCUT2D eigenvalue weighted by atomic mass is 9.71. The summed E-state index contributed by atoms with van der Waals surface area (Å²) in [5.41, 5.74) is 4.11. The number of hydrogen-bond donors (Lipinski definition) is 2. The molecule has 0 aromatic heterocycles. The number of allylic oxidation sites excluding steroid dienone is 8. The van der Waals surface area contributed by atoms with Gasteiger partial charge < -0.3 is 10.2 Å². The van der Waals surface area contributed by atoms with E-state index in [0.29, 0.717) is 5.57 Å². The molecule has 0 saturated carbocycles. The molecule has 126 valence electrons. The molecule has 0 aromatic carbocycles. The van der Waals surface area contributed by atoms with Gasteiger partial charge in [-0.2, -0.15) is 0 Å². The van der Waals surface area contributed by atoms with Gasteiger partial charge in [-0.1, -0.05) is 49.8 Å². The monoisotopic (exact) mass is 316 g/mol. The summed E-state index contributed by atoms with van der Waals surface area (Å²) in [6, 6.07) is 0. The molecule has 0 radical (unpaired) electrons. The first kappa shape index (κ1) is 19.2. The van der Waals surface area contributed by atoms with Crippen molar-refractivity contribution in [2.45, 2.75) is 53.6 Å². The van der Waals surface area contributed by atoms with Gasteiger partial charge in [-0.25, -0.2) is 4.79 Å². The van der Waals surface area contributed by atoms with Gasteiger partial charge in [-0.15, -0.1) is 0 Å². The van der Waals surface area contributed by atoms with Gasteiger partial charge in [-0.3, -0.25) is 0 Å². The minimum absolute atomic E-state index is 0.0801. The summed E-state index contributed by atoms with van der Waals surface area (Å²) in [4.78, 5) is 10.5. The summed E-state index contributed by atoms with van der Waals surface area (Å²) in [6.07, 6.45) is 12.3. The largest absolute Gasteiger partial charge is 0.478 e. The quantitative estimate of drug-likeness (QED) is 0.577. The Morgan fingerprint density at radius 3 is 2.48 bits per heavy atom. The van der Waals surface area contributed by atoms with Crippen LogP contribution in [-0.4, -0.2) is 22.3 Å². The minimum atomic E-state index is -0.937. The Hall–Kier alpha value is -1.87. The van der Waals surface area contributed by atoms with Crippen LogP contribution in [0.3, 0.4) is 0 Å². The highest BCUT2D eigenvalue weighted by Crippen LogP contribution is 2.40. The Bertz CT molecular complexity index is 598. The smallest absolute Gasteiger partial charge is 0.328 e. The lowest BCUT2D eigenvalue weighted by Crippen LogP contribution is -2.27. The molecule has 1 rings (SSSR count). The zero-order valence-electron chi connectivity index (χ0n) is 14.8. The van der Waals surface area contributed by atoms with Crippen LogP contribution >= 0.6 is 0 Å². The molecule has 0 fully saturated rings. The summed E-state index contributed by atoms with van der Waals surface area (Å²) in [5, 5.41) is 18.7. The number of aliphatic hydroxyl groups excluding tert-OH is 1. The van der Waals surface area contributed by atoms with E-state index in [9.17, 15) is 9.90 Å². The number of rotatable bonds is 5. The topological polar surface area (TPSA) is 57.5 Å². The van der Waals surface area contributed by atoms with E-state index in [1.807, 2.05) is 32.1 Å². The highest BCUT2D eigenvalue weighted by atomic mass is 16.4. The second-order valence-electron chi connectivity index (χ2n) is 6.86. The average Bonchev–Trinajstić information content (AvgIpc) is 2.42. The molecule has 0 amide bonds. The zero-order chi connectivity index (χ0) is 17.6. The fraction of sp³-hybridized carbons (Fsp3) is 0.450. The van der Waals surface area contributed by atoms with Crippen molar-refractivity contribution < 1.29 is 15.0 Å². The third-order valence-electron chi connectivity index (χ3n) is 4.28. The van der Waals surface area contributed by atoms with Crippen LogP contribution in [0.25, 0.3) is 0 Å². The molecule has 0 aliphatic heterocycles. The number of carbonyl (C=O) groups is 1. The Morgan fingerprint density at radius 1 is 1.22 bits per heavy atom. The molecule has 0 heterocycles. The molecule has 2 N–H and O–H groups in total. The fourth-order valence-corrected chi connectivity index (χ4v) is 2.78. The van der Waals surface area contributed by atoms with E-state index in [0.717, 1.165) is 24.0 Å². The normalized spacial score (nSPS) is 23.1. The van der Waals surface area contributed by atoms with E-state index < -0.39 is 5.97 Å². The van der Waals surface area contributed by atoms with Crippen LogP contribution in [0.15, 0.2) is 58.7 Å². The van der Waals surface area contributed by atoms with Crippen LogP contribution in [0.1, 0.15) is 47.5 Å². The van der Waals surface area contributed by atoms with Crippen molar-refractivity contribution in [1.29, 1.82) is 0 Å². The molecular formula is C20H28O3. The molecule has 0 bridgehead atoms. The third-order valence-corrected chi connectivity index (χ3v) is 4.28. The summed E-state index contributed by atoms with van der Waals surface area (Å²) in [7, 11) is 0. The van der Waals surface area contributed by atoms with E-state index >= 15 is 0 Å². The van der Waals surface area contributed by atoms with Crippen LogP contribution in [0.4, 0.5) is 0 Å². The van der Waals surface area contributed by atoms with Gasteiger partial charge in [0.1, 0.15) is 0 Å². The van der Waals surface area contributed by atoms with E-state index in [-0.39, 0.29) is 11.5 Å². The third kappa shape index (κ3) is 6.03. The molecule has 3 nitrogen and oxygen atoms in total. The van der Waals surface area contributed by atoms with Crippen LogP contribution in [0, 0.1) is 5.41 Å².